The molecule has 0 aromatic rings. The van der Waals surface area contributed by atoms with Crippen LogP contribution in [0.15, 0.2) is 0 Å². The maximum atomic E-state index is 11.9. The summed E-state index contributed by atoms with van der Waals surface area (Å²) in [4.78, 5) is 11.9. The average Bonchev–Trinajstić information content (AvgIpc) is 2.27. The van der Waals surface area contributed by atoms with Crippen LogP contribution in [0.2, 0.25) is 0 Å². The molecule has 2 aliphatic carbocycles. The van der Waals surface area contributed by atoms with Crippen molar-refractivity contribution in [3.05, 3.63) is 0 Å². The van der Waals surface area contributed by atoms with Crippen LogP contribution in [0.25, 0.3) is 0 Å². The third-order valence-corrected chi connectivity index (χ3v) is 4.82. The summed E-state index contributed by atoms with van der Waals surface area (Å²) in [6.45, 7) is 4.03. The molecule has 2 rings (SSSR count). The number of nitrogens with one attached hydrogen (secondary N) is 1. The fraction of sp³-hybridized carbons (Fsp3) is 0.929. The van der Waals surface area contributed by atoms with Crippen molar-refractivity contribution < 1.29 is 4.79 Å². The van der Waals surface area contributed by atoms with Crippen molar-refractivity contribution in [2.75, 3.05) is 0 Å². The van der Waals surface area contributed by atoms with Crippen LogP contribution in [0.4, 0.5) is 0 Å². The van der Waals surface area contributed by atoms with E-state index in [4.69, 9.17) is 11.6 Å². The molecule has 0 aliphatic heterocycles. The molecule has 2 saturated carbocycles. The molecule has 2 nitrogen and oxygen atoms in total. The van der Waals surface area contributed by atoms with Gasteiger partial charge in [-0.05, 0) is 44.4 Å². The lowest BCUT2D eigenvalue weighted by atomic mass is 9.63. The lowest BCUT2D eigenvalue weighted by molar-refractivity contribution is -0.124. The highest BCUT2D eigenvalue weighted by atomic mass is 35.5. The van der Waals surface area contributed by atoms with Crippen LogP contribution in [0, 0.1) is 11.8 Å². The average molecular weight is 258 g/mol. The Morgan fingerprint density at radius 3 is 2.94 bits per heavy atom. The SMILES string of the molecule is CCC1CC2CCCC(NC(=O)C(C)Cl)(C1)C2. The molecule has 0 heterocycles. The zero-order valence-electron chi connectivity index (χ0n) is 11.0. The van der Waals surface area contributed by atoms with Gasteiger partial charge in [0.15, 0.2) is 0 Å². The number of amides is 1. The third-order valence-electron chi connectivity index (χ3n) is 4.62. The number of fused-ring (bicyclic) bond motifs is 2. The van der Waals surface area contributed by atoms with Crippen molar-refractivity contribution >= 4 is 17.5 Å². The molecule has 1 N–H and O–H groups in total. The molecule has 3 heteroatoms. The maximum absolute atomic E-state index is 11.9. The van der Waals surface area contributed by atoms with E-state index in [2.05, 4.69) is 12.2 Å². The van der Waals surface area contributed by atoms with Crippen molar-refractivity contribution in [1.29, 1.82) is 0 Å². The summed E-state index contributed by atoms with van der Waals surface area (Å²) in [7, 11) is 0. The van der Waals surface area contributed by atoms with Crippen LogP contribution in [-0.2, 0) is 4.79 Å². The normalized spacial score (nSPS) is 38.5. The maximum Gasteiger partial charge on any atom is 0.238 e. The first-order chi connectivity index (χ1) is 8.04. The molecule has 2 fully saturated rings. The van der Waals surface area contributed by atoms with Crippen LogP contribution >= 0.6 is 11.6 Å². The van der Waals surface area contributed by atoms with Crippen molar-refractivity contribution in [1.82, 2.24) is 5.32 Å². The van der Waals surface area contributed by atoms with Gasteiger partial charge in [-0.1, -0.05) is 26.2 Å². The van der Waals surface area contributed by atoms with Crippen LogP contribution < -0.4 is 5.32 Å². The minimum absolute atomic E-state index is 0.0177. The van der Waals surface area contributed by atoms with Gasteiger partial charge in [0.2, 0.25) is 5.91 Å². The monoisotopic (exact) mass is 257 g/mol. The van der Waals surface area contributed by atoms with E-state index in [1.54, 1.807) is 6.92 Å². The molecule has 98 valence electrons. The second-order valence-corrected chi connectivity index (χ2v) is 6.72. The van der Waals surface area contributed by atoms with Gasteiger partial charge in [-0.2, -0.15) is 0 Å². The second-order valence-electron chi connectivity index (χ2n) is 6.06. The number of hydrogen-bond acceptors (Lipinski definition) is 1. The molecule has 1 amide bonds. The van der Waals surface area contributed by atoms with E-state index < -0.39 is 5.38 Å². The Kier molecular flexibility index (Phi) is 4.02. The molecule has 17 heavy (non-hydrogen) atoms. The standard InChI is InChI=1S/C14H24ClNO/c1-3-11-7-12-5-4-6-14(8-11,9-12)16-13(17)10(2)15/h10-12H,3-9H2,1-2H3,(H,16,17). The molecule has 0 aromatic carbocycles. The molecular weight excluding hydrogens is 234 g/mol. The van der Waals surface area contributed by atoms with Gasteiger partial charge in [-0.15, -0.1) is 11.6 Å². The fourth-order valence-electron chi connectivity index (χ4n) is 3.82. The zero-order valence-corrected chi connectivity index (χ0v) is 11.7. The summed E-state index contributed by atoms with van der Waals surface area (Å²) in [5.74, 6) is 1.64. The summed E-state index contributed by atoms with van der Waals surface area (Å²) >= 11 is 5.88. The Morgan fingerprint density at radius 2 is 2.29 bits per heavy atom. The Balaban J connectivity index is 2.07. The van der Waals surface area contributed by atoms with Gasteiger partial charge >= 0.3 is 0 Å². The Hall–Kier alpha value is -0.240. The second kappa shape index (κ2) is 5.17. The first kappa shape index (κ1) is 13.2. The van der Waals surface area contributed by atoms with Gasteiger partial charge in [0, 0.05) is 5.54 Å². The first-order valence-corrected chi connectivity index (χ1v) is 7.44. The number of halogens is 1. The summed E-state index contributed by atoms with van der Waals surface area (Å²) < 4.78 is 0. The minimum Gasteiger partial charge on any atom is -0.349 e. The van der Waals surface area contributed by atoms with Gasteiger partial charge in [-0.3, -0.25) is 4.79 Å². The Morgan fingerprint density at radius 1 is 1.53 bits per heavy atom. The Labute approximate surface area is 109 Å². The predicted octanol–water partition coefficient (Wildman–Crippen LogP) is 3.48. The Bertz CT molecular complexity index is 292. The smallest absolute Gasteiger partial charge is 0.238 e. The van der Waals surface area contributed by atoms with Crippen LogP contribution in [0.3, 0.4) is 0 Å². The highest BCUT2D eigenvalue weighted by molar-refractivity contribution is 6.30. The number of alkyl halides is 1. The van der Waals surface area contributed by atoms with Crippen molar-refractivity contribution in [2.45, 2.75) is 69.7 Å². The highest BCUT2D eigenvalue weighted by Crippen LogP contribution is 2.46. The largest absolute Gasteiger partial charge is 0.349 e. The molecule has 4 unspecified atom stereocenters. The predicted molar refractivity (Wildman–Crippen MR) is 71.2 cm³/mol. The van der Waals surface area contributed by atoms with E-state index in [0.717, 1.165) is 24.7 Å². The number of carbonyl (C=O) groups is 1. The first-order valence-electron chi connectivity index (χ1n) is 7.01. The minimum atomic E-state index is -0.410. The van der Waals surface area contributed by atoms with E-state index in [1.807, 2.05) is 0 Å². The molecule has 0 saturated heterocycles. The molecule has 0 aromatic heterocycles. The van der Waals surface area contributed by atoms with E-state index in [9.17, 15) is 4.79 Å². The lowest BCUT2D eigenvalue weighted by Crippen LogP contribution is -2.56. The van der Waals surface area contributed by atoms with Gasteiger partial charge < -0.3 is 5.32 Å². The van der Waals surface area contributed by atoms with Gasteiger partial charge in [-0.25, -0.2) is 0 Å². The number of carbonyl (C=O) groups excluding carboxylic acids is 1. The number of hydrogen-bond donors (Lipinski definition) is 1. The highest BCUT2D eigenvalue weighted by Gasteiger charge is 2.43. The molecule has 4 atom stereocenters. The molecule has 2 bridgehead atoms. The lowest BCUT2D eigenvalue weighted by Gasteiger charge is -2.49. The third kappa shape index (κ3) is 2.96. The quantitative estimate of drug-likeness (QED) is 0.771. The molecule has 2 aliphatic rings. The van der Waals surface area contributed by atoms with E-state index in [0.29, 0.717) is 0 Å². The van der Waals surface area contributed by atoms with Crippen molar-refractivity contribution in [3.8, 4) is 0 Å². The van der Waals surface area contributed by atoms with Gasteiger partial charge in [0.1, 0.15) is 5.38 Å². The molecular formula is C14H24ClNO. The van der Waals surface area contributed by atoms with E-state index in [-0.39, 0.29) is 11.4 Å². The summed E-state index contributed by atoms with van der Waals surface area (Å²) in [5, 5.41) is 2.85. The van der Waals surface area contributed by atoms with E-state index in [1.165, 1.54) is 32.1 Å². The number of rotatable bonds is 3. The zero-order chi connectivity index (χ0) is 12.5. The van der Waals surface area contributed by atoms with Crippen molar-refractivity contribution in [3.63, 3.8) is 0 Å². The van der Waals surface area contributed by atoms with Gasteiger partial charge in [0.25, 0.3) is 0 Å². The summed E-state index contributed by atoms with van der Waals surface area (Å²) in [6.07, 6.45) is 8.71. The van der Waals surface area contributed by atoms with Crippen LogP contribution in [0.5, 0.6) is 0 Å². The van der Waals surface area contributed by atoms with Crippen LogP contribution in [-0.4, -0.2) is 16.8 Å². The fourth-order valence-corrected chi connectivity index (χ4v) is 3.87. The molecule has 0 radical (unpaired) electrons. The summed E-state index contributed by atoms with van der Waals surface area (Å²) in [6, 6.07) is 0. The molecule has 0 spiro atoms. The van der Waals surface area contributed by atoms with Crippen molar-refractivity contribution in [2.24, 2.45) is 11.8 Å². The topological polar surface area (TPSA) is 29.1 Å². The van der Waals surface area contributed by atoms with Crippen LogP contribution in [0.1, 0.15) is 58.8 Å². The summed E-state index contributed by atoms with van der Waals surface area (Å²) in [5.41, 5.74) is 0.0715. The van der Waals surface area contributed by atoms with E-state index >= 15 is 0 Å². The van der Waals surface area contributed by atoms with Gasteiger partial charge in [0.05, 0.1) is 0 Å².